The molecule has 26 heavy (non-hydrogen) atoms. The van der Waals surface area contributed by atoms with Gasteiger partial charge in [0.25, 0.3) is 0 Å². The Morgan fingerprint density at radius 3 is 2.54 bits per heavy atom. The normalized spacial score (nSPS) is 10.0. The third kappa shape index (κ3) is 3.87. The van der Waals surface area contributed by atoms with Gasteiger partial charge >= 0.3 is 51.4 Å². The van der Waals surface area contributed by atoms with Crippen molar-refractivity contribution in [2.75, 3.05) is 5.73 Å². The average Bonchev–Trinajstić information content (AvgIpc) is 3.12. The number of fused-ring (bicyclic) bond motifs is 2. The smallest absolute Gasteiger partial charge is 0.382 e. The molecule has 0 saturated carbocycles. The molecule has 0 spiro atoms. The van der Waals surface area contributed by atoms with Crippen molar-refractivity contribution >= 4 is 22.2 Å². The summed E-state index contributed by atoms with van der Waals surface area (Å²) in [4.78, 5) is 0. The molecule has 0 saturated heterocycles. The van der Waals surface area contributed by atoms with E-state index in [9.17, 15) is 4.39 Å². The Morgan fingerprint density at radius 1 is 1.15 bits per heavy atom. The van der Waals surface area contributed by atoms with Crippen LogP contribution in [-0.4, -0.2) is 19.8 Å². The third-order valence-electron chi connectivity index (χ3n) is 3.99. The molecule has 7 heteroatoms. The number of benzene rings is 1. The van der Waals surface area contributed by atoms with E-state index in [1.807, 2.05) is 39.1 Å². The number of halogens is 1. The molecule has 0 amide bonds. The van der Waals surface area contributed by atoms with Crippen molar-refractivity contribution in [3.05, 3.63) is 55.0 Å². The molecule has 0 aliphatic carbocycles. The van der Waals surface area contributed by atoms with Crippen LogP contribution in [0.3, 0.4) is 0 Å². The minimum absolute atomic E-state index is 0. The fraction of sp³-hybridized carbons (Fsp3) is 0.211. The molecule has 4 rings (SSSR count). The van der Waals surface area contributed by atoms with Crippen LogP contribution in [0.2, 0.25) is 0 Å². The van der Waals surface area contributed by atoms with Crippen molar-refractivity contribution in [1.29, 1.82) is 0 Å². The molecular formula is C19H23FKN5. The number of nitrogen functional groups attached to an aromatic ring is 1. The zero-order chi connectivity index (χ0) is 17.4. The maximum atomic E-state index is 14.2. The topological polar surface area (TPSA) is 72.0 Å². The molecular weight excluding hydrogens is 356 g/mol. The number of aryl methyl sites for hydroxylation is 1. The second-order valence-corrected chi connectivity index (χ2v) is 5.46. The number of hydrogen-bond donors (Lipinski definition) is 2. The number of nitrogens with one attached hydrogen (secondary N) is 1. The summed E-state index contributed by atoms with van der Waals surface area (Å²) in [5, 5.41) is 12.2. The number of aromatic nitrogens is 4. The van der Waals surface area contributed by atoms with Gasteiger partial charge < -0.3 is 13.2 Å². The largest absolute Gasteiger partial charge is 1.00 e. The van der Waals surface area contributed by atoms with Crippen molar-refractivity contribution in [2.45, 2.75) is 27.7 Å². The Bertz CT molecular complexity index is 1040. The van der Waals surface area contributed by atoms with Crippen LogP contribution < -0.4 is 57.1 Å². The predicted molar refractivity (Wildman–Crippen MR) is 102 cm³/mol. The van der Waals surface area contributed by atoms with Gasteiger partial charge in [0.1, 0.15) is 11.6 Å². The SMILES string of the molecule is CC.Cc1c(F)cc2n[nH]c(C)c2c1-c1ccn2nc(N)cc2c1.[CH3-].[K+]. The van der Waals surface area contributed by atoms with Crippen molar-refractivity contribution < 1.29 is 55.8 Å². The number of H-pyrrole nitrogens is 1. The van der Waals surface area contributed by atoms with Gasteiger partial charge in [-0.2, -0.15) is 10.2 Å². The molecule has 0 bridgehead atoms. The minimum atomic E-state index is -0.262. The summed E-state index contributed by atoms with van der Waals surface area (Å²) in [6, 6.07) is 7.12. The van der Waals surface area contributed by atoms with Gasteiger partial charge in [-0.25, -0.2) is 8.91 Å². The van der Waals surface area contributed by atoms with Gasteiger partial charge in [-0.05, 0) is 42.7 Å². The second kappa shape index (κ2) is 9.10. The molecule has 4 aromatic rings. The quantitative estimate of drug-likeness (QED) is 0.391. The fourth-order valence-corrected chi connectivity index (χ4v) is 2.93. The molecule has 132 valence electrons. The first-order valence-corrected chi connectivity index (χ1v) is 7.93. The summed E-state index contributed by atoms with van der Waals surface area (Å²) < 4.78 is 15.9. The molecule has 3 heterocycles. The van der Waals surface area contributed by atoms with Crippen molar-refractivity contribution in [3.63, 3.8) is 0 Å². The Labute approximate surface area is 195 Å². The number of aromatic amines is 1. The summed E-state index contributed by atoms with van der Waals surface area (Å²) in [7, 11) is 0. The third-order valence-corrected chi connectivity index (χ3v) is 3.99. The average molecular weight is 380 g/mol. The number of rotatable bonds is 1. The van der Waals surface area contributed by atoms with E-state index in [-0.39, 0.29) is 64.6 Å². The first-order valence-electron chi connectivity index (χ1n) is 7.93. The summed E-state index contributed by atoms with van der Waals surface area (Å²) in [5.41, 5.74) is 10.5. The van der Waals surface area contributed by atoms with Crippen LogP contribution in [0.1, 0.15) is 25.1 Å². The Balaban J connectivity index is 0.000000818. The van der Waals surface area contributed by atoms with Gasteiger partial charge in [0.05, 0.1) is 11.0 Å². The number of pyridine rings is 1. The van der Waals surface area contributed by atoms with Crippen LogP contribution in [-0.2, 0) is 0 Å². The number of hydrogen-bond acceptors (Lipinski definition) is 3. The molecule has 0 aliphatic rings. The van der Waals surface area contributed by atoms with Crippen LogP contribution in [0.5, 0.6) is 0 Å². The first kappa shape index (κ1) is 22.8. The monoisotopic (exact) mass is 379 g/mol. The van der Waals surface area contributed by atoms with Gasteiger partial charge in [-0.3, -0.25) is 5.10 Å². The Kier molecular flexibility index (Phi) is 7.97. The van der Waals surface area contributed by atoms with Gasteiger partial charge in [-0.15, -0.1) is 0 Å². The van der Waals surface area contributed by atoms with E-state index >= 15 is 0 Å². The molecule has 0 atom stereocenters. The van der Waals surface area contributed by atoms with E-state index in [0.717, 1.165) is 27.7 Å². The van der Waals surface area contributed by atoms with E-state index in [2.05, 4.69) is 15.3 Å². The fourth-order valence-electron chi connectivity index (χ4n) is 2.93. The first-order chi connectivity index (χ1) is 11.5. The van der Waals surface area contributed by atoms with Crippen LogP contribution in [0.15, 0.2) is 30.5 Å². The van der Waals surface area contributed by atoms with Crippen LogP contribution in [0, 0.1) is 27.1 Å². The van der Waals surface area contributed by atoms with Gasteiger partial charge in [0, 0.05) is 29.4 Å². The molecule has 0 aliphatic heterocycles. The van der Waals surface area contributed by atoms with E-state index in [4.69, 9.17) is 5.73 Å². The summed E-state index contributed by atoms with van der Waals surface area (Å²) in [6.07, 6.45) is 1.83. The molecule has 1 aromatic carbocycles. The zero-order valence-electron chi connectivity index (χ0n) is 16.2. The maximum Gasteiger partial charge on any atom is 1.00 e. The summed E-state index contributed by atoms with van der Waals surface area (Å²) in [6.45, 7) is 7.72. The standard InChI is InChI=1S/C16H14FN5.C2H6.CH3.K/c1-8-12(17)7-13-16(9(2)19-20-13)15(8)10-3-4-22-11(5-10)6-14(18)21-22;1-2;;/h3-7H,1-2H3,(H2,18,21)(H,19,20);1-2H3;1H3;/q;;-1;+1. The van der Waals surface area contributed by atoms with Gasteiger partial charge in [0.15, 0.2) is 0 Å². The zero-order valence-corrected chi connectivity index (χ0v) is 19.3. The molecule has 3 aromatic heterocycles. The van der Waals surface area contributed by atoms with E-state index in [0.29, 0.717) is 16.9 Å². The number of nitrogens with zero attached hydrogens (tertiary/aromatic N) is 3. The van der Waals surface area contributed by atoms with Gasteiger partial charge in [-0.1, -0.05) is 13.8 Å². The number of anilines is 1. The summed E-state index contributed by atoms with van der Waals surface area (Å²) in [5.74, 6) is 0.194. The van der Waals surface area contributed by atoms with E-state index in [1.165, 1.54) is 6.07 Å². The van der Waals surface area contributed by atoms with Crippen molar-refractivity contribution in [3.8, 4) is 11.1 Å². The van der Waals surface area contributed by atoms with E-state index in [1.54, 1.807) is 17.5 Å². The molecule has 5 nitrogen and oxygen atoms in total. The predicted octanol–water partition coefficient (Wildman–Crippen LogP) is 1.70. The Morgan fingerprint density at radius 2 is 1.85 bits per heavy atom. The number of nitrogens with two attached hydrogens (primary N) is 1. The minimum Gasteiger partial charge on any atom is -0.382 e. The Hall–Kier alpha value is -1.25. The van der Waals surface area contributed by atoms with Crippen LogP contribution in [0.25, 0.3) is 27.5 Å². The van der Waals surface area contributed by atoms with E-state index < -0.39 is 0 Å². The van der Waals surface area contributed by atoms with Crippen molar-refractivity contribution in [2.24, 2.45) is 0 Å². The molecule has 3 N–H and O–H groups in total. The molecule has 0 fully saturated rings. The second-order valence-electron chi connectivity index (χ2n) is 5.46. The van der Waals surface area contributed by atoms with Crippen molar-refractivity contribution in [1.82, 2.24) is 19.8 Å². The molecule has 0 radical (unpaired) electrons. The van der Waals surface area contributed by atoms with Gasteiger partial charge in [0.2, 0.25) is 0 Å². The maximum absolute atomic E-state index is 14.2. The van der Waals surface area contributed by atoms with Crippen LogP contribution >= 0.6 is 0 Å². The summed E-state index contributed by atoms with van der Waals surface area (Å²) >= 11 is 0. The molecule has 0 unspecified atom stereocenters. The van der Waals surface area contributed by atoms with Crippen LogP contribution in [0.4, 0.5) is 10.2 Å².